The van der Waals surface area contributed by atoms with E-state index in [4.69, 9.17) is 15.2 Å². The van der Waals surface area contributed by atoms with Gasteiger partial charge in [-0.3, -0.25) is 0 Å². The molecular weight excluding hydrogens is 274 g/mol. The van der Waals surface area contributed by atoms with Gasteiger partial charge in [-0.15, -0.1) is 0 Å². The minimum atomic E-state index is -0.187. The van der Waals surface area contributed by atoms with Crippen molar-refractivity contribution in [1.29, 1.82) is 0 Å². The van der Waals surface area contributed by atoms with Crippen LogP contribution in [0, 0.1) is 0 Å². The average molecular weight is 297 g/mol. The zero-order valence-corrected chi connectivity index (χ0v) is 13.3. The predicted octanol–water partition coefficient (Wildman–Crippen LogP) is 3.63. The monoisotopic (exact) mass is 297 g/mol. The number of hydrogen-bond donors (Lipinski definition) is 1. The van der Waals surface area contributed by atoms with Crippen LogP contribution in [0.4, 0.5) is 0 Å². The van der Waals surface area contributed by atoms with Crippen LogP contribution in [0.5, 0.6) is 11.5 Å². The maximum absolute atomic E-state index is 6.50. The third-order valence-corrected chi connectivity index (χ3v) is 4.51. The molecule has 0 spiro atoms. The van der Waals surface area contributed by atoms with Crippen molar-refractivity contribution in [2.75, 3.05) is 14.2 Å². The van der Waals surface area contributed by atoms with Crippen molar-refractivity contribution in [1.82, 2.24) is 0 Å². The van der Waals surface area contributed by atoms with Gasteiger partial charge in [0.25, 0.3) is 0 Å². The van der Waals surface area contributed by atoms with Gasteiger partial charge in [-0.1, -0.05) is 18.2 Å². The molecule has 0 radical (unpaired) electrons. The highest BCUT2D eigenvalue weighted by Crippen LogP contribution is 2.33. The van der Waals surface area contributed by atoms with Gasteiger partial charge in [-0.2, -0.15) is 0 Å². The van der Waals surface area contributed by atoms with Crippen LogP contribution in [0.25, 0.3) is 0 Å². The lowest BCUT2D eigenvalue weighted by Gasteiger charge is -2.21. The SMILES string of the molecule is COc1ccc(C(N)c2ccc3c(c2)CCCC3)c(OC)c1. The van der Waals surface area contributed by atoms with Crippen molar-refractivity contribution >= 4 is 0 Å². The summed E-state index contributed by atoms with van der Waals surface area (Å²) >= 11 is 0. The zero-order valence-electron chi connectivity index (χ0n) is 13.3. The van der Waals surface area contributed by atoms with Crippen LogP contribution >= 0.6 is 0 Å². The van der Waals surface area contributed by atoms with Crippen molar-refractivity contribution in [3.63, 3.8) is 0 Å². The Hall–Kier alpha value is -2.00. The van der Waals surface area contributed by atoms with Crippen molar-refractivity contribution in [3.8, 4) is 11.5 Å². The molecule has 1 aliphatic carbocycles. The lowest BCUT2D eigenvalue weighted by Crippen LogP contribution is -2.14. The molecule has 0 saturated heterocycles. The van der Waals surface area contributed by atoms with Crippen LogP contribution in [0.1, 0.15) is 41.1 Å². The minimum absolute atomic E-state index is 0.187. The molecule has 1 atom stereocenters. The third kappa shape index (κ3) is 2.81. The molecule has 2 aromatic carbocycles. The summed E-state index contributed by atoms with van der Waals surface area (Å²) in [4.78, 5) is 0. The van der Waals surface area contributed by atoms with Gasteiger partial charge in [0.2, 0.25) is 0 Å². The van der Waals surface area contributed by atoms with E-state index in [1.807, 2.05) is 18.2 Å². The number of hydrogen-bond acceptors (Lipinski definition) is 3. The molecule has 116 valence electrons. The summed E-state index contributed by atoms with van der Waals surface area (Å²) in [5, 5.41) is 0. The Labute approximate surface area is 132 Å². The van der Waals surface area contributed by atoms with E-state index in [0.29, 0.717) is 0 Å². The van der Waals surface area contributed by atoms with E-state index in [-0.39, 0.29) is 6.04 Å². The van der Waals surface area contributed by atoms with E-state index in [9.17, 15) is 0 Å². The lowest BCUT2D eigenvalue weighted by atomic mass is 9.88. The number of ether oxygens (including phenoxy) is 2. The first-order chi connectivity index (χ1) is 10.7. The number of benzene rings is 2. The van der Waals surface area contributed by atoms with Crippen LogP contribution in [0.2, 0.25) is 0 Å². The summed E-state index contributed by atoms with van der Waals surface area (Å²) in [6, 6.07) is 12.3. The van der Waals surface area contributed by atoms with Crippen molar-refractivity contribution in [2.24, 2.45) is 5.73 Å². The van der Waals surface area contributed by atoms with Crippen molar-refractivity contribution in [3.05, 3.63) is 58.7 Å². The maximum atomic E-state index is 6.50. The highest BCUT2D eigenvalue weighted by Gasteiger charge is 2.17. The summed E-state index contributed by atoms with van der Waals surface area (Å²) in [6.45, 7) is 0. The van der Waals surface area contributed by atoms with Crippen LogP contribution < -0.4 is 15.2 Å². The Balaban J connectivity index is 1.95. The van der Waals surface area contributed by atoms with Crippen LogP contribution in [-0.4, -0.2) is 14.2 Å². The number of nitrogens with two attached hydrogens (primary N) is 1. The molecule has 3 rings (SSSR count). The van der Waals surface area contributed by atoms with Gasteiger partial charge in [0.15, 0.2) is 0 Å². The van der Waals surface area contributed by atoms with Gasteiger partial charge in [-0.25, -0.2) is 0 Å². The second kappa shape index (κ2) is 6.41. The van der Waals surface area contributed by atoms with Crippen LogP contribution in [0.15, 0.2) is 36.4 Å². The minimum Gasteiger partial charge on any atom is -0.497 e. The Morgan fingerprint density at radius 2 is 1.68 bits per heavy atom. The standard InChI is InChI=1S/C19H23NO2/c1-21-16-9-10-17(18(12-16)22-2)19(20)15-8-7-13-5-3-4-6-14(13)11-15/h7-12,19H,3-6,20H2,1-2H3. The fraction of sp³-hybridized carbons (Fsp3) is 0.368. The van der Waals surface area contributed by atoms with E-state index in [1.54, 1.807) is 14.2 Å². The largest absolute Gasteiger partial charge is 0.497 e. The fourth-order valence-corrected chi connectivity index (χ4v) is 3.20. The Morgan fingerprint density at radius 3 is 2.41 bits per heavy atom. The third-order valence-electron chi connectivity index (χ3n) is 4.51. The van der Waals surface area contributed by atoms with Gasteiger partial charge in [0, 0.05) is 11.6 Å². The van der Waals surface area contributed by atoms with E-state index in [1.165, 1.54) is 30.4 Å². The van der Waals surface area contributed by atoms with Crippen LogP contribution in [0.3, 0.4) is 0 Å². The number of methoxy groups -OCH3 is 2. The summed E-state index contributed by atoms with van der Waals surface area (Å²) in [6.07, 6.45) is 4.93. The molecule has 2 aromatic rings. The molecule has 1 aliphatic rings. The van der Waals surface area contributed by atoms with Gasteiger partial charge < -0.3 is 15.2 Å². The highest BCUT2D eigenvalue weighted by atomic mass is 16.5. The molecule has 3 heteroatoms. The topological polar surface area (TPSA) is 44.5 Å². The first-order valence-electron chi connectivity index (χ1n) is 7.82. The Morgan fingerprint density at radius 1 is 0.909 bits per heavy atom. The molecule has 0 amide bonds. The van der Waals surface area contributed by atoms with E-state index >= 15 is 0 Å². The Bertz CT molecular complexity index is 666. The predicted molar refractivity (Wildman–Crippen MR) is 88.7 cm³/mol. The lowest BCUT2D eigenvalue weighted by molar-refractivity contribution is 0.390. The summed E-state index contributed by atoms with van der Waals surface area (Å²) in [5.74, 6) is 1.54. The molecule has 22 heavy (non-hydrogen) atoms. The summed E-state index contributed by atoms with van der Waals surface area (Å²) in [7, 11) is 3.32. The number of aryl methyl sites for hydroxylation is 2. The Kier molecular flexibility index (Phi) is 4.34. The van der Waals surface area contributed by atoms with Gasteiger partial charge in [-0.05, 0) is 54.5 Å². The first kappa shape index (κ1) is 14.9. The molecular formula is C19H23NO2. The van der Waals surface area contributed by atoms with Gasteiger partial charge >= 0.3 is 0 Å². The molecule has 0 aliphatic heterocycles. The number of rotatable bonds is 4. The summed E-state index contributed by atoms with van der Waals surface area (Å²) in [5.41, 5.74) is 11.6. The van der Waals surface area contributed by atoms with E-state index in [0.717, 1.165) is 29.0 Å². The molecule has 0 fully saturated rings. The van der Waals surface area contributed by atoms with Crippen molar-refractivity contribution < 1.29 is 9.47 Å². The number of fused-ring (bicyclic) bond motifs is 1. The first-order valence-corrected chi connectivity index (χ1v) is 7.82. The molecule has 2 N–H and O–H groups in total. The second-order valence-electron chi connectivity index (χ2n) is 5.82. The molecule has 1 unspecified atom stereocenters. The van der Waals surface area contributed by atoms with Gasteiger partial charge in [0.1, 0.15) is 11.5 Å². The second-order valence-corrected chi connectivity index (χ2v) is 5.82. The maximum Gasteiger partial charge on any atom is 0.127 e. The fourth-order valence-electron chi connectivity index (χ4n) is 3.20. The molecule has 0 bridgehead atoms. The summed E-state index contributed by atoms with van der Waals surface area (Å²) < 4.78 is 10.7. The van der Waals surface area contributed by atoms with Crippen molar-refractivity contribution in [2.45, 2.75) is 31.7 Å². The quantitative estimate of drug-likeness (QED) is 0.937. The average Bonchev–Trinajstić information content (AvgIpc) is 2.60. The highest BCUT2D eigenvalue weighted by molar-refractivity contribution is 5.47. The van der Waals surface area contributed by atoms with Gasteiger partial charge in [0.05, 0.1) is 20.3 Å². The molecule has 0 saturated carbocycles. The normalized spacial score (nSPS) is 15.0. The zero-order chi connectivity index (χ0) is 15.5. The van der Waals surface area contributed by atoms with E-state index < -0.39 is 0 Å². The van der Waals surface area contributed by atoms with E-state index in [2.05, 4.69) is 18.2 Å². The molecule has 0 heterocycles. The molecule has 0 aromatic heterocycles. The molecule has 3 nitrogen and oxygen atoms in total. The van der Waals surface area contributed by atoms with Crippen LogP contribution in [-0.2, 0) is 12.8 Å². The smallest absolute Gasteiger partial charge is 0.127 e.